The van der Waals surface area contributed by atoms with Crippen molar-refractivity contribution in [2.45, 2.75) is 37.5 Å². The molecule has 12 heavy (non-hydrogen) atoms. The van der Waals surface area contributed by atoms with Gasteiger partial charge in [0.1, 0.15) is 0 Å². The molecule has 2 aliphatic rings. The van der Waals surface area contributed by atoms with Crippen LogP contribution in [-0.2, 0) is 0 Å². The SMILES string of the molecule is c1nncc(C2CC2)c1C1CC1. The second-order valence-corrected chi connectivity index (χ2v) is 3.95. The van der Waals surface area contributed by atoms with Crippen LogP contribution >= 0.6 is 0 Å². The molecule has 0 aliphatic heterocycles. The summed E-state index contributed by atoms with van der Waals surface area (Å²) >= 11 is 0. The smallest absolute Gasteiger partial charge is 0.0533 e. The predicted octanol–water partition coefficient (Wildman–Crippen LogP) is 2.23. The van der Waals surface area contributed by atoms with Gasteiger partial charge >= 0.3 is 0 Å². The van der Waals surface area contributed by atoms with E-state index in [4.69, 9.17) is 0 Å². The van der Waals surface area contributed by atoms with Crippen LogP contribution in [0, 0.1) is 0 Å². The molecule has 0 spiro atoms. The lowest BCUT2D eigenvalue weighted by molar-refractivity contribution is 0.917. The van der Waals surface area contributed by atoms with Gasteiger partial charge in [-0.1, -0.05) is 0 Å². The summed E-state index contributed by atoms with van der Waals surface area (Å²) in [4.78, 5) is 0. The van der Waals surface area contributed by atoms with Crippen molar-refractivity contribution in [1.82, 2.24) is 10.2 Å². The Balaban J connectivity index is 2.02. The van der Waals surface area contributed by atoms with Crippen molar-refractivity contribution in [2.75, 3.05) is 0 Å². The fourth-order valence-electron chi connectivity index (χ4n) is 1.81. The van der Waals surface area contributed by atoms with Crippen molar-refractivity contribution >= 4 is 0 Å². The Kier molecular flexibility index (Phi) is 1.25. The van der Waals surface area contributed by atoms with Crippen LogP contribution in [0.1, 0.15) is 48.6 Å². The number of hydrogen-bond donors (Lipinski definition) is 0. The van der Waals surface area contributed by atoms with Gasteiger partial charge in [-0.3, -0.25) is 0 Å². The fraction of sp³-hybridized carbons (Fsp3) is 0.600. The van der Waals surface area contributed by atoms with Gasteiger partial charge in [0.25, 0.3) is 0 Å². The van der Waals surface area contributed by atoms with Crippen molar-refractivity contribution in [3.63, 3.8) is 0 Å². The lowest BCUT2D eigenvalue weighted by atomic mass is 10.0. The van der Waals surface area contributed by atoms with Crippen LogP contribution in [0.3, 0.4) is 0 Å². The molecule has 2 nitrogen and oxygen atoms in total. The first-order chi connectivity index (χ1) is 5.95. The van der Waals surface area contributed by atoms with Gasteiger partial charge in [-0.2, -0.15) is 10.2 Å². The molecule has 2 heteroatoms. The van der Waals surface area contributed by atoms with E-state index in [9.17, 15) is 0 Å². The molecule has 0 N–H and O–H groups in total. The zero-order valence-corrected chi connectivity index (χ0v) is 7.03. The number of aromatic nitrogens is 2. The summed E-state index contributed by atoms with van der Waals surface area (Å²) in [6.45, 7) is 0. The normalized spacial score (nSPS) is 22.7. The number of rotatable bonds is 2. The molecule has 3 rings (SSSR count). The maximum atomic E-state index is 3.97. The Bertz CT molecular complexity index is 269. The van der Waals surface area contributed by atoms with Gasteiger partial charge < -0.3 is 0 Å². The number of hydrogen-bond acceptors (Lipinski definition) is 2. The minimum Gasteiger partial charge on any atom is -0.159 e. The fourth-order valence-corrected chi connectivity index (χ4v) is 1.81. The second kappa shape index (κ2) is 2.28. The molecular formula is C10H12N2. The van der Waals surface area contributed by atoms with Crippen LogP contribution in [0.2, 0.25) is 0 Å². The molecule has 0 unspecified atom stereocenters. The highest BCUT2D eigenvalue weighted by molar-refractivity contribution is 5.33. The van der Waals surface area contributed by atoms with Crippen LogP contribution in [0.5, 0.6) is 0 Å². The first-order valence-corrected chi connectivity index (χ1v) is 4.75. The molecule has 0 atom stereocenters. The summed E-state index contributed by atoms with van der Waals surface area (Å²) in [6.07, 6.45) is 9.42. The van der Waals surface area contributed by atoms with E-state index in [0.29, 0.717) is 0 Å². The van der Waals surface area contributed by atoms with E-state index < -0.39 is 0 Å². The molecule has 2 aliphatic carbocycles. The monoisotopic (exact) mass is 160 g/mol. The van der Waals surface area contributed by atoms with Gasteiger partial charge in [0, 0.05) is 0 Å². The van der Waals surface area contributed by atoms with Crippen LogP contribution < -0.4 is 0 Å². The van der Waals surface area contributed by atoms with Gasteiger partial charge in [0.05, 0.1) is 12.4 Å². The molecule has 0 radical (unpaired) electrons. The Morgan fingerprint density at radius 2 is 1.25 bits per heavy atom. The van der Waals surface area contributed by atoms with E-state index in [1.54, 1.807) is 0 Å². The molecule has 0 saturated heterocycles. The van der Waals surface area contributed by atoms with E-state index in [2.05, 4.69) is 10.2 Å². The van der Waals surface area contributed by atoms with Crippen molar-refractivity contribution in [2.24, 2.45) is 0 Å². The summed E-state index contributed by atoms with van der Waals surface area (Å²) in [7, 11) is 0. The Hall–Kier alpha value is -0.920. The predicted molar refractivity (Wildman–Crippen MR) is 46.0 cm³/mol. The zero-order chi connectivity index (χ0) is 7.97. The van der Waals surface area contributed by atoms with Crippen molar-refractivity contribution in [3.8, 4) is 0 Å². The van der Waals surface area contributed by atoms with Crippen molar-refractivity contribution in [3.05, 3.63) is 23.5 Å². The third-order valence-corrected chi connectivity index (χ3v) is 2.83. The second-order valence-electron chi connectivity index (χ2n) is 3.95. The molecular weight excluding hydrogens is 148 g/mol. The van der Waals surface area contributed by atoms with Crippen molar-refractivity contribution in [1.29, 1.82) is 0 Å². The van der Waals surface area contributed by atoms with Gasteiger partial charge in [-0.25, -0.2) is 0 Å². The molecule has 62 valence electrons. The quantitative estimate of drug-likeness (QED) is 0.663. The minimum absolute atomic E-state index is 0.830. The van der Waals surface area contributed by atoms with E-state index in [1.165, 1.54) is 36.8 Å². The summed E-state index contributed by atoms with van der Waals surface area (Å²) in [6, 6.07) is 0. The van der Waals surface area contributed by atoms with Gasteiger partial charge in [-0.15, -0.1) is 0 Å². The third kappa shape index (κ3) is 1.02. The summed E-state index contributed by atoms with van der Waals surface area (Å²) in [5.41, 5.74) is 2.99. The Morgan fingerprint density at radius 1 is 0.833 bits per heavy atom. The third-order valence-electron chi connectivity index (χ3n) is 2.83. The lowest BCUT2D eigenvalue weighted by Crippen LogP contribution is -1.93. The highest BCUT2D eigenvalue weighted by Gasteiger charge is 2.32. The molecule has 2 fully saturated rings. The summed E-state index contributed by atoms with van der Waals surface area (Å²) < 4.78 is 0. The number of nitrogens with zero attached hydrogens (tertiary/aromatic N) is 2. The van der Waals surface area contributed by atoms with Crippen LogP contribution in [0.15, 0.2) is 12.4 Å². The zero-order valence-electron chi connectivity index (χ0n) is 7.03. The molecule has 0 aromatic carbocycles. The summed E-state index contributed by atoms with van der Waals surface area (Å²) in [5.74, 6) is 1.66. The molecule has 1 aromatic rings. The highest BCUT2D eigenvalue weighted by Crippen LogP contribution is 2.48. The maximum Gasteiger partial charge on any atom is 0.0533 e. The largest absolute Gasteiger partial charge is 0.159 e. The molecule has 2 saturated carbocycles. The first-order valence-electron chi connectivity index (χ1n) is 4.75. The highest BCUT2D eigenvalue weighted by atomic mass is 15.1. The van der Waals surface area contributed by atoms with E-state index >= 15 is 0 Å². The van der Waals surface area contributed by atoms with E-state index in [1.807, 2.05) is 12.4 Å². The molecule has 0 bridgehead atoms. The first kappa shape index (κ1) is 6.58. The van der Waals surface area contributed by atoms with Gasteiger partial charge in [0.15, 0.2) is 0 Å². The average Bonchev–Trinajstić information content (AvgIpc) is 2.99. The van der Waals surface area contributed by atoms with Crippen molar-refractivity contribution < 1.29 is 0 Å². The van der Waals surface area contributed by atoms with Crippen LogP contribution in [-0.4, -0.2) is 10.2 Å². The molecule has 1 heterocycles. The lowest BCUT2D eigenvalue weighted by Gasteiger charge is -2.03. The van der Waals surface area contributed by atoms with Gasteiger partial charge in [0.2, 0.25) is 0 Å². The minimum atomic E-state index is 0.830. The van der Waals surface area contributed by atoms with Gasteiger partial charge in [-0.05, 0) is 48.6 Å². The Labute approximate surface area is 72.0 Å². The Morgan fingerprint density at radius 3 is 1.58 bits per heavy atom. The van der Waals surface area contributed by atoms with Crippen LogP contribution in [0.4, 0.5) is 0 Å². The standard InChI is InChI=1S/C10H12N2/c1-2-7(1)9-5-11-12-6-10(9)8-3-4-8/h5-8H,1-4H2. The average molecular weight is 160 g/mol. The summed E-state index contributed by atoms with van der Waals surface area (Å²) in [5, 5.41) is 7.93. The maximum absolute atomic E-state index is 3.97. The van der Waals surface area contributed by atoms with Crippen LogP contribution in [0.25, 0.3) is 0 Å². The molecule has 1 aromatic heterocycles. The van der Waals surface area contributed by atoms with E-state index in [0.717, 1.165) is 11.8 Å². The topological polar surface area (TPSA) is 25.8 Å². The van der Waals surface area contributed by atoms with E-state index in [-0.39, 0.29) is 0 Å². The molecule has 0 amide bonds.